The highest BCUT2D eigenvalue weighted by molar-refractivity contribution is 5.96. The van der Waals surface area contributed by atoms with Gasteiger partial charge in [0.2, 0.25) is 0 Å². The molecule has 106 valence electrons. The van der Waals surface area contributed by atoms with Gasteiger partial charge in [-0.3, -0.25) is 4.79 Å². The molecule has 1 amide bonds. The fourth-order valence-electron chi connectivity index (χ4n) is 1.64. The first-order valence-electron chi connectivity index (χ1n) is 5.90. The van der Waals surface area contributed by atoms with Gasteiger partial charge in [-0.05, 0) is 18.2 Å². The molecule has 0 aliphatic rings. The van der Waals surface area contributed by atoms with Crippen LogP contribution in [0, 0.1) is 0 Å². The number of amides is 1. The minimum atomic E-state index is -0.456. The molecule has 1 aromatic rings. The van der Waals surface area contributed by atoms with Crippen molar-refractivity contribution in [2.75, 3.05) is 45.5 Å². The van der Waals surface area contributed by atoms with Crippen LogP contribution in [0.3, 0.4) is 0 Å². The quantitative estimate of drug-likeness (QED) is 0.585. The Morgan fingerprint density at radius 1 is 1.37 bits per heavy atom. The molecule has 3 N–H and O–H groups in total. The molecule has 0 atom stereocenters. The van der Waals surface area contributed by atoms with Crippen molar-refractivity contribution in [2.45, 2.75) is 6.29 Å². The summed E-state index contributed by atoms with van der Waals surface area (Å²) in [5.74, 6) is -0.212. The molecule has 0 saturated carbocycles. The van der Waals surface area contributed by atoms with E-state index in [2.05, 4.69) is 5.32 Å². The zero-order chi connectivity index (χ0) is 14.4. The monoisotopic (exact) mass is 267 g/mol. The van der Waals surface area contributed by atoms with Crippen LogP contribution in [0.1, 0.15) is 10.4 Å². The second kappa shape index (κ2) is 6.96. The molecular formula is C13H21N3O3. The molecule has 0 aromatic heterocycles. The van der Waals surface area contributed by atoms with E-state index in [0.717, 1.165) is 5.69 Å². The van der Waals surface area contributed by atoms with Gasteiger partial charge < -0.3 is 25.4 Å². The first-order chi connectivity index (χ1) is 8.99. The average Bonchev–Trinajstić information content (AvgIpc) is 2.39. The van der Waals surface area contributed by atoms with Gasteiger partial charge in [0.05, 0.1) is 17.9 Å². The van der Waals surface area contributed by atoms with E-state index in [4.69, 9.17) is 15.2 Å². The molecule has 6 nitrogen and oxygen atoms in total. The van der Waals surface area contributed by atoms with Crippen molar-refractivity contribution in [3.05, 3.63) is 23.8 Å². The fourth-order valence-corrected chi connectivity index (χ4v) is 1.64. The highest BCUT2D eigenvalue weighted by atomic mass is 16.7. The van der Waals surface area contributed by atoms with Gasteiger partial charge in [-0.1, -0.05) is 0 Å². The molecule has 0 radical (unpaired) electrons. The Morgan fingerprint density at radius 2 is 2.00 bits per heavy atom. The summed E-state index contributed by atoms with van der Waals surface area (Å²) in [5.41, 5.74) is 7.85. The first kappa shape index (κ1) is 15.3. The lowest BCUT2D eigenvalue weighted by atomic mass is 10.1. The SMILES string of the molecule is COC(CNC(=O)c1ccc(N(C)C)c(N)c1)OC. The van der Waals surface area contributed by atoms with Crippen LogP contribution in [0.2, 0.25) is 0 Å². The molecule has 1 aromatic carbocycles. The molecule has 6 heteroatoms. The maximum atomic E-state index is 11.9. The van der Waals surface area contributed by atoms with Gasteiger partial charge in [0.15, 0.2) is 6.29 Å². The molecule has 1 rings (SSSR count). The summed E-state index contributed by atoms with van der Waals surface area (Å²) in [6.07, 6.45) is -0.456. The summed E-state index contributed by atoms with van der Waals surface area (Å²) in [6, 6.07) is 5.20. The maximum absolute atomic E-state index is 11.9. The van der Waals surface area contributed by atoms with Crippen LogP contribution in [0.15, 0.2) is 18.2 Å². The number of anilines is 2. The fraction of sp³-hybridized carbons (Fsp3) is 0.462. The van der Waals surface area contributed by atoms with E-state index in [0.29, 0.717) is 11.3 Å². The smallest absolute Gasteiger partial charge is 0.251 e. The second-order valence-corrected chi connectivity index (χ2v) is 4.28. The predicted molar refractivity (Wildman–Crippen MR) is 75.3 cm³/mol. The standard InChI is InChI=1S/C13H21N3O3/c1-16(2)11-6-5-9(7-10(11)14)13(17)15-8-12(18-3)19-4/h5-7,12H,8,14H2,1-4H3,(H,15,17). The van der Waals surface area contributed by atoms with Crippen molar-refractivity contribution in [3.63, 3.8) is 0 Å². The lowest BCUT2D eigenvalue weighted by Crippen LogP contribution is -2.34. The number of nitrogen functional groups attached to an aromatic ring is 1. The number of rotatable bonds is 6. The summed E-state index contributed by atoms with van der Waals surface area (Å²) in [4.78, 5) is 13.8. The van der Waals surface area contributed by atoms with Crippen molar-refractivity contribution < 1.29 is 14.3 Å². The minimum Gasteiger partial charge on any atom is -0.397 e. The first-order valence-corrected chi connectivity index (χ1v) is 5.90. The number of carbonyl (C=O) groups excluding carboxylic acids is 1. The van der Waals surface area contributed by atoms with Gasteiger partial charge in [0, 0.05) is 33.9 Å². The molecule has 0 fully saturated rings. The Morgan fingerprint density at radius 3 is 2.47 bits per heavy atom. The third kappa shape index (κ3) is 4.11. The van der Waals surface area contributed by atoms with E-state index >= 15 is 0 Å². The lowest BCUT2D eigenvalue weighted by Gasteiger charge is -2.17. The van der Waals surface area contributed by atoms with Crippen LogP contribution >= 0.6 is 0 Å². The summed E-state index contributed by atoms with van der Waals surface area (Å²) < 4.78 is 9.98. The average molecular weight is 267 g/mol. The zero-order valence-electron chi connectivity index (χ0n) is 11.8. The number of nitrogens with one attached hydrogen (secondary N) is 1. The topological polar surface area (TPSA) is 76.8 Å². The minimum absolute atomic E-state index is 0.212. The summed E-state index contributed by atoms with van der Waals surface area (Å²) in [6.45, 7) is 0.279. The maximum Gasteiger partial charge on any atom is 0.251 e. The van der Waals surface area contributed by atoms with Crippen LogP contribution < -0.4 is 16.0 Å². The molecule has 0 bridgehead atoms. The van der Waals surface area contributed by atoms with Crippen molar-refractivity contribution >= 4 is 17.3 Å². The van der Waals surface area contributed by atoms with Gasteiger partial charge in [-0.2, -0.15) is 0 Å². The number of hydrogen-bond acceptors (Lipinski definition) is 5. The van der Waals surface area contributed by atoms with Crippen molar-refractivity contribution in [1.29, 1.82) is 0 Å². The van der Waals surface area contributed by atoms with Crippen LogP contribution in [0.5, 0.6) is 0 Å². The highest BCUT2D eigenvalue weighted by Crippen LogP contribution is 2.22. The third-order valence-electron chi connectivity index (χ3n) is 2.73. The van der Waals surface area contributed by atoms with Gasteiger partial charge in [-0.25, -0.2) is 0 Å². The molecule has 0 aliphatic heterocycles. The van der Waals surface area contributed by atoms with Crippen LogP contribution in [0.25, 0.3) is 0 Å². The van der Waals surface area contributed by atoms with Gasteiger partial charge in [0.1, 0.15) is 0 Å². The number of benzene rings is 1. The molecule has 0 heterocycles. The number of nitrogens with two attached hydrogens (primary N) is 1. The van der Waals surface area contributed by atoms with Crippen molar-refractivity contribution in [1.82, 2.24) is 5.32 Å². The predicted octanol–water partition coefficient (Wildman–Crippen LogP) is 0.684. The largest absolute Gasteiger partial charge is 0.397 e. The third-order valence-corrected chi connectivity index (χ3v) is 2.73. The molecule has 0 unspecified atom stereocenters. The van der Waals surface area contributed by atoms with E-state index in [1.54, 1.807) is 12.1 Å². The number of carbonyl (C=O) groups is 1. The van der Waals surface area contributed by atoms with Crippen LogP contribution in [-0.4, -0.2) is 47.1 Å². The van der Waals surface area contributed by atoms with Gasteiger partial charge >= 0.3 is 0 Å². The van der Waals surface area contributed by atoms with Crippen molar-refractivity contribution in [3.8, 4) is 0 Å². The molecule has 0 saturated heterocycles. The Balaban J connectivity index is 2.70. The zero-order valence-corrected chi connectivity index (χ0v) is 11.8. The van der Waals surface area contributed by atoms with Crippen LogP contribution in [0.4, 0.5) is 11.4 Å². The summed E-state index contributed by atoms with van der Waals surface area (Å²) >= 11 is 0. The van der Waals surface area contributed by atoms with E-state index in [-0.39, 0.29) is 12.5 Å². The Kier molecular flexibility index (Phi) is 5.59. The number of nitrogens with zero attached hydrogens (tertiary/aromatic N) is 1. The van der Waals surface area contributed by atoms with Gasteiger partial charge in [-0.15, -0.1) is 0 Å². The van der Waals surface area contributed by atoms with Gasteiger partial charge in [0.25, 0.3) is 5.91 Å². The summed E-state index contributed by atoms with van der Waals surface area (Å²) in [5, 5.41) is 2.72. The number of ether oxygens (including phenoxy) is 2. The van der Waals surface area contributed by atoms with Crippen LogP contribution in [-0.2, 0) is 9.47 Å². The number of hydrogen-bond donors (Lipinski definition) is 2. The van der Waals surface area contributed by atoms with E-state index in [1.165, 1.54) is 14.2 Å². The van der Waals surface area contributed by atoms with E-state index in [9.17, 15) is 4.79 Å². The Hall–Kier alpha value is -1.79. The van der Waals surface area contributed by atoms with Crippen molar-refractivity contribution in [2.24, 2.45) is 0 Å². The Labute approximate surface area is 113 Å². The molecule has 0 spiro atoms. The lowest BCUT2D eigenvalue weighted by molar-refractivity contribution is -0.0974. The molecule has 0 aliphatic carbocycles. The normalized spacial score (nSPS) is 10.6. The summed E-state index contributed by atoms with van der Waals surface area (Å²) in [7, 11) is 6.83. The highest BCUT2D eigenvalue weighted by Gasteiger charge is 2.11. The second-order valence-electron chi connectivity index (χ2n) is 4.28. The molecular weight excluding hydrogens is 246 g/mol. The van der Waals surface area contributed by atoms with E-state index in [1.807, 2.05) is 25.1 Å². The Bertz CT molecular complexity index is 431. The molecule has 19 heavy (non-hydrogen) atoms. The number of methoxy groups -OCH3 is 2. The van der Waals surface area contributed by atoms with E-state index < -0.39 is 6.29 Å².